The first-order valence-electron chi connectivity index (χ1n) is 28.3. The fourth-order valence-corrected chi connectivity index (χ4v) is 12.6. The van der Waals surface area contributed by atoms with Crippen molar-refractivity contribution in [2.75, 3.05) is 63.6 Å². The number of carbonyl (C=O) groups excluding carboxylic acids is 1. The van der Waals surface area contributed by atoms with Gasteiger partial charge in [0.15, 0.2) is 11.5 Å². The molecule has 17 nitrogen and oxygen atoms in total. The number of methoxy groups -OCH3 is 2. The fourth-order valence-electron chi connectivity index (χ4n) is 11.6. The number of aliphatic hydroxyl groups is 1. The molecular formula is C56H65FN8O9S. The van der Waals surface area contributed by atoms with E-state index in [1.54, 1.807) is 25.1 Å². The number of nitrogens with zero attached hydrogens (tertiary/aromatic N) is 5. The number of pyridine rings is 1. The van der Waals surface area contributed by atoms with E-state index in [0.717, 1.165) is 50.1 Å². The summed E-state index contributed by atoms with van der Waals surface area (Å²) in [7, 11) is -10.3. The number of hydrogen-bond donors (Lipinski definition) is 4. The van der Waals surface area contributed by atoms with E-state index in [0.29, 0.717) is 57.8 Å². The van der Waals surface area contributed by atoms with Crippen molar-refractivity contribution < 1.29 is 50.1 Å². The van der Waals surface area contributed by atoms with Crippen LogP contribution in [0, 0.1) is 27.3 Å². The summed E-state index contributed by atoms with van der Waals surface area (Å²) in [5.41, 5.74) is 2.86. The highest BCUT2D eigenvalue weighted by atomic mass is 32.2. The summed E-state index contributed by atoms with van der Waals surface area (Å²) in [6.07, 6.45) is 6.97. The number of piperazine rings is 1. The van der Waals surface area contributed by atoms with Crippen LogP contribution in [0.2, 0.25) is 0 Å². The third-order valence-electron chi connectivity index (χ3n) is 15.7. The number of fused-ring (bicyclic) bond motifs is 1. The number of carbonyl (C=O) groups is 1. The molecule has 19 heteroatoms. The third-order valence-corrected chi connectivity index (χ3v) is 17.0. The third kappa shape index (κ3) is 10.9. The minimum atomic E-state index is -4.69. The predicted molar refractivity (Wildman–Crippen MR) is 284 cm³/mol. The van der Waals surface area contributed by atoms with Crippen molar-refractivity contribution in [2.24, 2.45) is 11.3 Å². The van der Waals surface area contributed by atoms with Gasteiger partial charge in [0, 0.05) is 87.3 Å². The molecule has 6 aromatic rings. The lowest BCUT2D eigenvalue weighted by molar-refractivity contribution is -0.384. The van der Waals surface area contributed by atoms with E-state index in [1.807, 2.05) is 0 Å². The molecule has 4 fully saturated rings. The largest absolute Gasteiger partial charge is 0.493 e. The summed E-state index contributed by atoms with van der Waals surface area (Å²) in [6.45, 7) is 10.5. The lowest BCUT2D eigenvalue weighted by Crippen LogP contribution is -2.68. The van der Waals surface area contributed by atoms with Gasteiger partial charge < -0.3 is 34.5 Å². The smallest absolute Gasteiger partial charge is 0.293 e. The highest BCUT2D eigenvalue weighted by Crippen LogP contribution is 2.54. The molecule has 2 saturated heterocycles. The Morgan fingerprint density at radius 3 is 2.53 bits per heavy atom. The number of halogens is 1. The highest BCUT2D eigenvalue weighted by Gasteiger charge is 2.55. The average Bonchev–Trinajstić information content (AvgIpc) is 3.95. The van der Waals surface area contributed by atoms with Gasteiger partial charge in [-0.3, -0.25) is 24.7 Å². The van der Waals surface area contributed by atoms with E-state index in [2.05, 4.69) is 72.8 Å². The van der Waals surface area contributed by atoms with Gasteiger partial charge in [0.1, 0.15) is 28.7 Å². The standard InChI is InChI=1S/C56H65FN8O9S/c1-35(2)42-8-6-7-9-43(42)49-32-62(31-37-10-15-50(72-4)52(22-37)73-5)20-21-64(49)39-26-56(27-39)33-63(34-56)38-11-13-44(51(23-38)74-40-24-45-46(57)30-60-53(45)59-29-40)54(66)61-75(70,71)41-12-14-47(48(25-41)65(68)69)58-28-36-16-18-55(3,67)19-17-36/h6-15,22-25,29-30,35-36,39,49,58,67H,16-21,26-28,31-34H2,1-5H3,(H,59,60)(H,61,66)/i4D3,5D3. The lowest BCUT2D eigenvalue weighted by Gasteiger charge is -2.63. The average molecular weight is 1050 g/mol. The molecule has 4 N–H and O–H groups in total. The number of aromatic nitrogens is 2. The number of anilines is 2. The minimum Gasteiger partial charge on any atom is -0.493 e. The molecule has 4 aromatic carbocycles. The molecule has 4 aliphatic rings. The zero-order valence-electron chi connectivity index (χ0n) is 48.0. The number of nitrogens with one attached hydrogen (secondary N) is 3. The molecule has 0 bridgehead atoms. The van der Waals surface area contributed by atoms with Crippen LogP contribution in [0.25, 0.3) is 11.0 Å². The number of aromatic amines is 1. The number of rotatable bonds is 17. The first kappa shape index (κ1) is 44.5. The molecule has 396 valence electrons. The zero-order valence-corrected chi connectivity index (χ0v) is 42.8. The van der Waals surface area contributed by atoms with Gasteiger partial charge in [0.25, 0.3) is 21.6 Å². The van der Waals surface area contributed by atoms with Crippen molar-refractivity contribution in [3.05, 3.63) is 136 Å². The predicted octanol–water partition coefficient (Wildman–Crippen LogP) is 9.54. The molecular weight excluding hydrogens is 980 g/mol. The molecule has 1 spiro atoms. The highest BCUT2D eigenvalue weighted by molar-refractivity contribution is 7.90. The number of benzene rings is 4. The van der Waals surface area contributed by atoms with E-state index < -0.39 is 56.9 Å². The molecule has 10 rings (SSSR count). The van der Waals surface area contributed by atoms with E-state index in [-0.39, 0.29) is 74.6 Å². The van der Waals surface area contributed by atoms with Crippen LogP contribution in [-0.4, -0.2) is 109 Å². The molecule has 1 amide bonds. The normalized spacial score (nSPS) is 22.7. The number of sulfonamides is 1. The Hall–Kier alpha value is -6.80. The Kier molecular flexibility index (Phi) is 12.3. The van der Waals surface area contributed by atoms with Gasteiger partial charge in [-0.05, 0) is 116 Å². The van der Waals surface area contributed by atoms with E-state index in [1.165, 1.54) is 53.7 Å². The summed E-state index contributed by atoms with van der Waals surface area (Å²) >= 11 is 0. The maximum Gasteiger partial charge on any atom is 0.293 e. The zero-order chi connectivity index (χ0) is 57.8. The van der Waals surface area contributed by atoms with Crippen molar-refractivity contribution in [2.45, 2.75) is 94.3 Å². The van der Waals surface area contributed by atoms with Crippen LogP contribution in [0.15, 0.2) is 102 Å². The molecule has 2 aromatic heterocycles. The number of ether oxygens (including phenoxy) is 3. The Morgan fingerprint density at radius 1 is 1.00 bits per heavy atom. The summed E-state index contributed by atoms with van der Waals surface area (Å²) in [5.74, 6) is -1.56. The van der Waals surface area contributed by atoms with Gasteiger partial charge in [-0.1, -0.05) is 44.2 Å². The maximum absolute atomic E-state index is 14.8. The Balaban J connectivity index is 0.846. The minimum absolute atomic E-state index is 0.0147. The van der Waals surface area contributed by atoms with Crippen LogP contribution in [0.4, 0.5) is 21.5 Å². The summed E-state index contributed by atoms with van der Waals surface area (Å²) in [5, 5.41) is 25.8. The van der Waals surface area contributed by atoms with Gasteiger partial charge in [-0.25, -0.2) is 22.5 Å². The number of nitro benzene ring substituents is 1. The van der Waals surface area contributed by atoms with Gasteiger partial charge in [-0.2, -0.15) is 0 Å². The van der Waals surface area contributed by atoms with Gasteiger partial charge in [0.2, 0.25) is 0 Å². The summed E-state index contributed by atoms with van der Waals surface area (Å²) < 4.78 is 107. The van der Waals surface area contributed by atoms with Crippen LogP contribution >= 0.6 is 0 Å². The maximum atomic E-state index is 14.8. The van der Waals surface area contributed by atoms with Crippen molar-refractivity contribution in [1.29, 1.82) is 0 Å². The van der Waals surface area contributed by atoms with Crippen LogP contribution < -0.4 is 29.1 Å². The topological polar surface area (TPSA) is 205 Å². The van der Waals surface area contributed by atoms with Crippen LogP contribution in [0.5, 0.6) is 23.0 Å². The number of H-pyrrole nitrogens is 1. The molecule has 2 saturated carbocycles. The second-order valence-corrected chi connectivity index (χ2v) is 23.0. The van der Waals surface area contributed by atoms with Crippen molar-refractivity contribution in [3.8, 4) is 23.0 Å². The molecule has 75 heavy (non-hydrogen) atoms. The van der Waals surface area contributed by atoms with Gasteiger partial charge in [0.05, 0.1) is 54.9 Å². The van der Waals surface area contributed by atoms with Crippen molar-refractivity contribution >= 4 is 44.0 Å². The number of amides is 1. The summed E-state index contributed by atoms with van der Waals surface area (Å²) in [6, 6.07) is 23.0. The SMILES string of the molecule is [2H]C([2H])([2H])Oc1ccc(CN2CCN(C3CC4(C3)CN(c3ccc(C(=O)NS(=O)(=O)c5ccc(NCC6CCC(C)(O)CC6)c([N+](=O)[O-])c5)c(Oc5cnc6[nH]cc(F)c6c5)c3)C4)C(c3ccccc3C(C)C)C2)cc1OC([2H])([2H])[2H]. The second kappa shape index (κ2) is 20.7. The fraction of sp³-hybridized carbons (Fsp3) is 0.429. The molecule has 2 aliphatic heterocycles. The Labute approximate surface area is 445 Å². The van der Waals surface area contributed by atoms with Gasteiger partial charge >= 0.3 is 0 Å². The van der Waals surface area contributed by atoms with E-state index in [4.69, 9.17) is 22.4 Å². The number of hydrogen-bond acceptors (Lipinski definition) is 14. The van der Waals surface area contributed by atoms with Crippen molar-refractivity contribution in [3.63, 3.8) is 0 Å². The number of nitro groups is 1. The first-order valence-corrected chi connectivity index (χ1v) is 26.8. The molecule has 4 heterocycles. The molecule has 1 unspecified atom stereocenters. The van der Waals surface area contributed by atoms with Crippen LogP contribution in [-0.2, 0) is 16.6 Å². The lowest BCUT2D eigenvalue weighted by atomic mass is 9.59. The second-order valence-electron chi connectivity index (χ2n) is 21.4. The quantitative estimate of drug-likeness (QED) is 0.0496. The van der Waals surface area contributed by atoms with Gasteiger partial charge in [-0.15, -0.1) is 0 Å². The Morgan fingerprint density at radius 2 is 1.77 bits per heavy atom. The van der Waals surface area contributed by atoms with Crippen LogP contribution in [0.3, 0.4) is 0 Å². The van der Waals surface area contributed by atoms with E-state index >= 15 is 0 Å². The molecule has 2 aliphatic carbocycles. The molecule has 1 atom stereocenters. The monoisotopic (exact) mass is 1050 g/mol. The van der Waals surface area contributed by atoms with E-state index in [9.17, 15) is 32.8 Å². The Bertz CT molecular complexity index is 3450. The summed E-state index contributed by atoms with van der Waals surface area (Å²) in [4.78, 5) is 39.2. The molecule has 0 radical (unpaired) electrons. The first-order chi connectivity index (χ1) is 38.2. The van der Waals surface area contributed by atoms with Crippen molar-refractivity contribution in [1.82, 2.24) is 24.5 Å². The van der Waals surface area contributed by atoms with Crippen LogP contribution in [0.1, 0.15) is 107 Å².